The molecule has 136 valence electrons. The molecule has 0 bridgehead atoms. The zero-order valence-corrected chi connectivity index (χ0v) is 16.5. The molecule has 0 aromatic carbocycles. The molecule has 25 heavy (non-hydrogen) atoms. The van der Waals surface area contributed by atoms with Gasteiger partial charge < -0.3 is 9.32 Å². The van der Waals surface area contributed by atoms with Crippen molar-refractivity contribution < 1.29 is 9.21 Å². The minimum absolute atomic E-state index is 0.0161. The van der Waals surface area contributed by atoms with E-state index in [2.05, 4.69) is 11.8 Å². The minimum Gasteiger partial charge on any atom is -0.441 e. The number of thiocarbonyl (C=S) groups is 1. The van der Waals surface area contributed by atoms with Gasteiger partial charge in [0.25, 0.3) is 5.91 Å². The maximum Gasteiger partial charge on any atom is 0.266 e. The van der Waals surface area contributed by atoms with E-state index in [1.165, 1.54) is 43.9 Å². The summed E-state index contributed by atoms with van der Waals surface area (Å²) >= 11 is 6.77. The standard InChI is InChI=1S/C19H26N2O2S2/c1-2-3-4-8-13-21-18(22)16(25-19(21)24)14-15-9-10-17(23-15)20-11-6-5-7-12-20/h9-10,14H,2-8,11-13H2,1H3/b16-14-. The summed E-state index contributed by atoms with van der Waals surface area (Å²) < 4.78 is 6.60. The Morgan fingerprint density at radius 2 is 2.00 bits per heavy atom. The predicted octanol–water partition coefficient (Wildman–Crippen LogP) is 5.05. The quantitative estimate of drug-likeness (QED) is 0.377. The third-order valence-electron chi connectivity index (χ3n) is 4.66. The van der Waals surface area contributed by atoms with Crippen LogP contribution in [0.25, 0.3) is 6.08 Å². The number of nitrogens with zero attached hydrogens (tertiary/aromatic N) is 2. The second-order valence-corrected chi connectivity index (χ2v) is 8.29. The second kappa shape index (κ2) is 8.90. The van der Waals surface area contributed by atoms with Crippen LogP contribution < -0.4 is 4.90 Å². The van der Waals surface area contributed by atoms with Gasteiger partial charge in [-0.25, -0.2) is 0 Å². The number of carbonyl (C=O) groups is 1. The molecule has 2 aliphatic heterocycles. The molecule has 0 N–H and O–H groups in total. The molecule has 1 aromatic heterocycles. The van der Waals surface area contributed by atoms with Crippen molar-refractivity contribution in [3.8, 4) is 0 Å². The van der Waals surface area contributed by atoms with Gasteiger partial charge in [-0.15, -0.1) is 0 Å². The van der Waals surface area contributed by atoms with Crippen molar-refractivity contribution in [3.63, 3.8) is 0 Å². The third kappa shape index (κ3) is 4.67. The number of furan rings is 1. The van der Waals surface area contributed by atoms with Gasteiger partial charge >= 0.3 is 0 Å². The van der Waals surface area contributed by atoms with Crippen LogP contribution in [-0.4, -0.2) is 34.8 Å². The molecule has 0 spiro atoms. The molecule has 1 aromatic rings. The highest BCUT2D eigenvalue weighted by atomic mass is 32.2. The molecule has 3 heterocycles. The van der Waals surface area contributed by atoms with Crippen LogP contribution in [0.5, 0.6) is 0 Å². The smallest absolute Gasteiger partial charge is 0.266 e. The molecular formula is C19H26N2O2S2. The number of unbranched alkanes of at least 4 members (excludes halogenated alkanes) is 3. The van der Waals surface area contributed by atoms with Gasteiger partial charge in [-0.05, 0) is 31.7 Å². The lowest BCUT2D eigenvalue weighted by molar-refractivity contribution is -0.122. The third-order valence-corrected chi connectivity index (χ3v) is 6.04. The zero-order chi connectivity index (χ0) is 17.6. The number of amides is 1. The fraction of sp³-hybridized carbons (Fsp3) is 0.579. The van der Waals surface area contributed by atoms with Gasteiger partial charge in [0, 0.05) is 31.8 Å². The van der Waals surface area contributed by atoms with E-state index in [1.54, 1.807) is 4.90 Å². The van der Waals surface area contributed by atoms with Crippen LogP contribution >= 0.6 is 24.0 Å². The average molecular weight is 379 g/mol. The van der Waals surface area contributed by atoms with Crippen LogP contribution in [0, 0.1) is 0 Å². The number of hydrogen-bond acceptors (Lipinski definition) is 5. The topological polar surface area (TPSA) is 36.7 Å². The molecule has 2 fully saturated rings. The van der Waals surface area contributed by atoms with Gasteiger partial charge in [0.2, 0.25) is 0 Å². The summed E-state index contributed by atoms with van der Waals surface area (Å²) in [6, 6.07) is 3.94. The van der Waals surface area contributed by atoms with Crippen LogP contribution in [-0.2, 0) is 4.79 Å². The molecule has 2 aliphatic rings. The Morgan fingerprint density at radius 3 is 2.76 bits per heavy atom. The Kier molecular flexibility index (Phi) is 6.59. The van der Waals surface area contributed by atoms with Crippen LogP contribution in [0.1, 0.15) is 57.6 Å². The fourth-order valence-corrected chi connectivity index (χ4v) is 4.51. The highest BCUT2D eigenvalue weighted by molar-refractivity contribution is 8.26. The summed E-state index contributed by atoms with van der Waals surface area (Å²) in [5, 5.41) is 0. The van der Waals surface area contributed by atoms with Gasteiger partial charge in [0.15, 0.2) is 5.88 Å². The Hall–Kier alpha value is -1.27. The maximum absolute atomic E-state index is 12.6. The molecule has 2 saturated heterocycles. The van der Waals surface area contributed by atoms with Crippen molar-refractivity contribution in [2.45, 2.75) is 51.9 Å². The van der Waals surface area contributed by atoms with E-state index in [1.807, 2.05) is 18.2 Å². The van der Waals surface area contributed by atoms with Crippen molar-refractivity contribution in [1.29, 1.82) is 0 Å². The van der Waals surface area contributed by atoms with Gasteiger partial charge in [-0.2, -0.15) is 0 Å². The first-order valence-corrected chi connectivity index (χ1v) is 10.5. The van der Waals surface area contributed by atoms with Crippen LogP contribution in [0.15, 0.2) is 21.5 Å². The predicted molar refractivity (Wildman–Crippen MR) is 109 cm³/mol. The molecule has 0 unspecified atom stereocenters. The van der Waals surface area contributed by atoms with E-state index in [-0.39, 0.29) is 5.91 Å². The Morgan fingerprint density at radius 1 is 1.20 bits per heavy atom. The maximum atomic E-state index is 12.6. The van der Waals surface area contributed by atoms with Gasteiger partial charge in [-0.1, -0.05) is 50.2 Å². The molecule has 0 atom stereocenters. The van der Waals surface area contributed by atoms with Crippen molar-refractivity contribution in [2.75, 3.05) is 24.5 Å². The highest BCUT2D eigenvalue weighted by Gasteiger charge is 2.31. The molecule has 0 aliphatic carbocycles. The largest absolute Gasteiger partial charge is 0.441 e. The fourth-order valence-electron chi connectivity index (χ4n) is 3.22. The van der Waals surface area contributed by atoms with E-state index in [0.717, 1.165) is 44.1 Å². The number of anilines is 1. The van der Waals surface area contributed by atoms with E-state index in [4.69, 9.17) is 16.6 Å². The summed E-state index contributed by atoms with van der Waals surface area (Å²) in [7, 11) is 0. The molecule has 1 amide bonds. The van der Waals surface area contributed by atoms with Gasteiger partial charge in [0.1, 0.15) is 10.1 Å². The number of rotatable bonds is 7. The average Bonchev–Trinajstić information content (AvgIpc) is 3.19. The molecule has 3 rings (SSSR count). The first-order chi connectivity index (χ1) is 12.2. The van der Waals surface area contributed by atoms with E-state index in [9.17, 15) is 4.79 Å². The lowest BCUT2D eigenvalue weighted by atomic mass is 10.1. The van der Waals surface area contributed by atoms with E-state index >= 15 is 0 Å². The van der Waals surface area contributed by atoms with Gasteiger partial charge in [-0.3, -0.25) is 9.69 Å². The molecular weight excluding hydrogens is 352 g/mol. The first kappa shape index (κ1) is 18.5. The SMILES string of the molecule is CCCCCCN1C(=O)/C(=C/c2ccc(N3CCCCC3)o2)SC1=S. The van der Waals surface area contributed by atoms with Crippen LogP contribution in [0.3, 0.4) is 0 Å². The summed E-state index contributed by atoms with van der Waals surface area (Å²) in [6.07, 6.45) is 10.1. The number of carbonyl (C=O) groups excluding carboxylic acids is 1. The number of piperidine rings is 1. The zero-order valence-electron chi connectivity index (χ0n) is 14.8. The molecule has 4 nitrogen and oxygen atoms in total. The van der Waals surface area contributed by atoms with Crippen LogP contribution in [0.2, 0.25) is 0 Å². The van der Waals surface area contributed by atoms with Crippen molar-refractivity contribution in [1.82, 2.24) is 4.90 Å². The van der Waals surface area contributed by atoms with Crippen molar-refractivity contribution in [2.24, 2.45) is 0 Å². The van der Waals surface area contributed by atoms with Gasteiger partial charge in [0.05, 0.1) is 4.91 Å². The second-order valence-electron chi connectivity index (χ2n) is 6.62. The van der Waals surface area contributed by atoms with E-state index in [0.29, 0.717) is 9.23 Å². The highest BCUT2D eigenvalue weighted by Crippen LogP contribution is 2.34. The van der Waals surface area contributed by atoms with Crippen molar-refractivity contribution in [3.05, 3.63) is 22.8 Å². The minimum atomic E-state index is 0.0161. The molecule has 0 radical (unpaired) electrons. The summed E-state index contributed by atoms with van der Waals surface area (Å²) in [4.78, 5) is 17.3. The Balaban J connectivity index is 1.62. The summed E-state index contributed by atoms with van der Waals surface area (Å²) in [5.41, 5.74) is 0. The first-order valence-electron chi connectivity index (χ1n) is 9.29. The normalized spacial score (nSPS) is 20.1. The molecule has 0 saturated carbocycles. The Bertz CT molecular complexity index is 648. The van der Waals surface area contributed by atoms with E-state index < -0.39 is 0 Å². The van der Waals surface area contributed by atoms with Crippen molar-refractivity contribution >= 4 is 46.2 Å². The molecule has 6 heteroatoms. The summed E-state index contributed by atoms with van der Waals surface area (Å²) in [6.45, 7) is 5.00. The number of thioether (sulfide) groups is 1. The monoisotopic (exact) mass is 378 g/mol. The summed E-state index contributed by atoms with van der Waals surface area (Å²) in [5.74, 6) is 1.65. The Labute approximate surface area is 159 Å². The lowest BCUT2D eigenvalue weighted by Crippen LogP contribution is -2.29. The lowest BCUT2D eigenvalue weighted by Gasteiger charge is -2.25. The number of hydrogen-bond donors (Lipinski definition) is 0. The van der Waals surface area contributed by atoms with Crippen LogP contribution in [0.4, 0.5) is 5.88 Å².